The lowest BCUT2D eigenvalue weighted by atomic mass is 9.77. The molecular formula is C17H22BBrF3NO2. The maximum atomic E-state index is 12.8. The van der Waals surface area contributed by atoms with Crippen LogP contribution in [-0.4, -0.2) is 31.9 Å². The zero-order valence-electron chi connectivity index (χ0n) is 14.9. The third-order valence-corrected chi connectivity index (χ3v) is 5.29. The van der Waals surface area contributed by atoms with Crippen LogP contribution >= 0.6 is 15.9 Å². The molecular weight excluding hydrogens is 398 g/mol. The quantitative estimate of drug-likeness (QED) is 0.717. The Kier molecular flexibility index (Phi) is 5.79. The Hall–Kier alpha value is -0.825. The van der Waals surface area contributed by atoms with Crippen LogP contribution in [0, 0.1) is 0 Å². The molecule has 0 unspecified atom stereocenters. The molecule has 0 atom stereocenters. The summed E-state index contributed by atoms with van der Waals surface area (Å²) in [6.07, 6.45) is -2.58. The Bertz CT molecular complexity index is 658. The van der Waals surface area contributed by atoms with Crippen molar-refractivity contribution in [3.8, 4) is 0 Å². The highest BCUT2D eigenvalue weighted by Gasteiger charge is 2.52. The first-order valence-electron chi connectivity index (χ1n) is 7.95. The van der Waals surface area contributed by atoms with Gasteiger partial charge in [0.15, 0.2) is 0 Å². The van der Waals surface area contributed by atoms with Gasteiger partial charge >= 0.3 is 13.3 Å². The molecule has 1 heterocycles. The molecule has 1 saturated heterocycles. The Morgan fingerprint density at radius 1 is 1.20 bits per heavy atom. The van der Waals surface area contributed by atoms with Gasteiger partial charge in [0, 0.05) is 11.0 Å². The molecule has 1 aliphatic rings. The lowest BCUT2D eigenvalue weighted by Gasteiger charge is -2.32. The molecule has 2 rings (SSSR count). The number of hydrogen-bond donors (Lipinski definition) is 1. The van der Waals surface area contributed by atoms with Gasteiger partial charge in [0.1, 0.15) is 0 Å². The molecule has 0 radical (unpaired) electrons. The average molecular weight is 420 g/mol. The standard InChI is InChI=1S/C17H22BBrF3NO2/c1-15(2)16(3,4)25-18(24-15)13(10-23-5)8-11-6-7-12(9-14(11)19)17(20,21)22/h6-9,23H,10H2,1-5H3. The second kappa shape index (κ2) is 7.06. The van der Waals surface area contributed by atoms with Crippen LogP contribution in [0.25, 0.3) is 6.08 Å². The third kappa shape index (κ3) is 4.48. The minimum absolute atomic E-state index is 0.368. The topological polar surface area (TPSA) is 30.5 Å². The van der Waals surface area contributed by atoms with E-state index in [1.165, 1.54) is 6.07 Å². The van der Waals surface area contributed by atoms with E-state index in [0.29, 0.717) is 16.6 Å². The van der Waals surface area contributed by atoms with Gasteiger partial charge in [-0.15, -0.1) is 0 Å². The van der Waals surface area contributed by atoms with Crippen molar-refractivity contribution in [3.63, 3.8) is 0 Å². The normalized spacial score (nSPS) is 20.2. The van der Waals surface area contributed by atoms with E-state index in [0.717, 1.165) is 17.6 Å². The minimum atomic E-state index is -4.37. The van der Waals surface area contributed by atoms with E-state index in [1.54, 1.807) is 13.1 Å². The molecule has 8 heteroatoms. The van der Waals surface area contributed by atoms with Crippen molar-refractivity contribution in [3.05, 3.63) is 39.3 Å². The van der Waals surface area contributed by atoms with Gasteiger partial charge in [0.25, 0.3) is 0 Å². The van der Waals surface area contributed by atoms with Crippen LogP contribution in [0.5, 0.6) is 0 Å². The summed E-state index contributed by atoms with van der Waals surface area (Å²) in [5, 5.41) is 3.05. The molecule has 0 spiro atoms. The number of rotatable bonds is 4. The minimum Gasteiger partial charge on any atom is -0.400 e. The van der Waals surface area contributed by atoms with Gasteiger partial charge < -0.3 is 14.6 Å². The maximum absolute atomic E-state index is 12.8. The predicted molar refractivity (Wildman–Crippen MR) is 97.1 cm³/mol. The summed E-state index contributed by atoms with van der Waals surface area (Å²) >= 11 is 3.23. The van der Waals surface area contributed by atoms with Gasteiger partial charge in [0.2, 0.25) is 0 Å². The van der Waals surface area contributed by atoms with E-state index in [1.807, 2.05) is 27.7 Å². The third-order valence-electron chi connectivity index (χ3n) is 4.61. The molecule has 1 aromatic carbocycles. The van der Waals surface area contributed by atoms with Gasteiger partial charge in [-0.1, -0.05) is 28.1 Å². The fraction of sp³-hybridized carbons (Fsp3) is 0.529. The summed E-state index contributed by atoms with van der Waals surface area (Å²) in [5.74, 6) is 0. The first kappa shape index (κ1) is 20.5. The highest BCUT2D eigenvalue weighted by Crippen LogP contribution is 2.39. The Balaban J connectivity index is 2.35. The van der Waals surface area contributed by atoms with Crippen LogP contribution in [-0.2, 0) is 15.5 Å². The largest absolute Gasteiger partial charge is 0.491 e. The molecule has 1 aliphatic heterocycles. The number of benzene rings is 1. The van der Waals surface area contributed by atoms with Gasteiger partial charge in [-0.2, -0.15) is 13.2 Å². The van der Waals surface area contributed by atoms with Crippen molar-refractivity contribution < 1.29 is 22.5 Å². The summed E-state index contributed by atoms with van der Waals surface area (Å²) in [6, 6.07) is 3.58. The second-order valence-corrected chi connectivity index (χ2v) is 7.93. The zero-order valence-corrected chi connectivity index (χ0v) is 16.5. The lowest BCUT2D eigenvalue weighted by Crippen LogP contribution is -2.41. The first-order chi connectivity index (χ1) is 11.4. The van der Waals surface area contributed by atoms with Crippen LogP contribution in [0.2, 0.25) is 0 Å². The number of alkyl halides is 3. The van der Waals surface area contributed by atoms with Crippen LogP contribution in [0.4, 0.5) is 13.2 Å². The van der Waals surface area contributed by atoms with Gasteiger partial charge in [-0.3, -0.25) is 0 Å². The van der Waals surface area contributed by atoms with Crippen LogP contribution in [0.3, 0.4) is 0 Å². The zero-order chi connectivity index (χ0) is 19.0. The number of likely N-dealkylation sites (N-methyl/N-ethyl adjacent to an activating group) is 1. The van der Waals surface area contributed by atoms with Crippen molar-refractivity contribution in [1.82, 2.24) is 5.32 Å². The number of hydrogen-bond acceptors (Lipinski definition) is 3. The van der Waals surface area contributed by atoms with E-state index < -0.39 is 30.1 Å². The smallest absolute Gasteiger partial charge is 0.400 e. The van der Waals surface area contributed by atoms with Crippen LogP contribution < -0.4 is 5.32 Å². The maximum Gasteiger partial charge on any atom is 0.491 e. The summed E-state index contributed by atoms with van der Waals surface area (Å²) in [7, 11) is 1.23. The summed E-state index contributed by atoms with van der Waals surface area (Å²) in [5.41, 5.74) is -0.221. The molecule has 0 aliphatic carbocycles. The van der Waals surface area contributed by atoms with Gasteiger partial charge in [-0.05, 0) is 57.9 Å². The first-order valence-corrected chi connectivity index (χ1v) is 8.74. The molecule has 25 heavy (non-hydrogen) atoms. The van der Waals surface area contributed by atoms with E-state index >= 15 is 0 Å². The highest BCUT2D eigenvalue weighted by molar-refractivity contribution is 9.10. The molecule has 1 fully saturated rings. The molecule has 3 nitrogen and oxygen atoms in total. The molecule has 138 valence electrons. The van der Waals surface area contributed by atoms with Crippen molar-refractivity contribution >= 4 is 29.1 Å². The SMILES string of the molecule is CNCC(=Cc1ccc(C(F)(F)F)cc1Br)B1OC(C)(C)C(C)(C)O1. The van der Waals surface area contributed by atoms with Crippen molar-refractivity contribution in [2.75, 3.05) is 13.6 Å². The summed E-state index contributed by atoms with van der Waals surface area (Å²) in [6.45, 7) is 8.32. The van der Waals surface area contributed by atoms with Crippen LogP contribution in [0.15, 0.2) is 28.1 Å². The van der Waals surface area contributed by atoms with Crippen molar-refractivity contribution in [1.29, 1.82) is 0 Å². The molecule has 0 bridgehead atoms. The van der Waals surface area contributed by atoms with Gasteiger partial charge in [0.05, 0.1) is 16.8 Å². The van der Waals surface area contributed by atoms with E-state index in [-0.39, 0.29) is 0 Å². The molecule has 1 aromatic rings. The highest BCUT2D eigenvalue weighted by atomic mass is 79.9. The molecule has 0 saturated carbocycles. The molecule has 0 aromatic heterocycles. The van der Waals surface area contributed by atoms with Crippen molar-refractivity contribution in [2.24, 2.45) is 0 Å². The number of nitrogens with one attached hydrogen (secondary N) is 1. The molecule has 0 amide bonds. The molecule has 1 N–H and O–H groups in total. The fourth-order valence-corrected chi connectivity index (χ4v) is 2.91. The fourth-order valence-electron chi connectivity index (χ4n) is 2.42. The Morgan fingerprint density at radius 2 is 1.76 bits per heavy atom. The second-order valence-electron chi connectivity index (χ2n) is 7.07. The average Bonchev–Trinajstić information content (AvgIpc) is 2.67. The van der Waals surface area contributed by atoms with E-state index in [2.05, 4.69) is 21.2 Å². The monoisotopic (exact) mass is 419 g/mol. The Morgan fingerprint density at radius 3 is 2.20 bits per heavy atom. The van der Waals surface area contributed by atoms with Gasteiger partial charge in [-0.25, -0.2) is 0 Å². The van der Waals surface area contributed by atoms with E-state index in [9.17, 15) is 13.2 Å². The summed E-state index contributed by atoms with van der Waals surface area (Å²) < 4.78 is 50.9. The lowest BCUT2D eigenvalue weighted by molar-refractivity contribution is -0.137. The summed E-state index contributed by atoms with van der Waals surface area (Å²) in [4.78, 5) is 0. The Labute approximate surface area is 155 Å². The van der Waals surface area contributed by atoms with E-state index in [4.69, 9.17) is 9.31 Å². The predicted octanol–water partition coefficient (Wildman–Crippen LogP) is 4.70. The number of halogens is 4. The van der Waals surface area contributed by atoms with Crippen molar-refractivity contribution in [2.45, 2.75) is 45.1 Å². The van der Waals surface area contributed by atoms with Crippen LogP contribution in [0.1, 0.15) is 38.8 Å².